The maximum Gasteiger partial charge on any atom is 0.256 e. The summed E-state index contributed by atoms with van der Waals surface area (Å²) in [5.74, 6) is 0.902. The molecule has 2 aromatic carbocycles. The standard InChI is InChI=1S/C18H19N3O/c1-12-20-17(19)16(18(22)21-12)11-5-9-14-8-4-7-13-6-2-3-10-15(13)14/h2-4,6-8,10H,5,9,11H2,1H3,(H3,19,20,21,22). The molecule has 4 heteroatoms. The maximum atomic E-state index is 11.9. The fourth-order valence-electron chi connectivity index (χ4n) is 2.84. The van der Waals surface area contributed by atoms with Crippen LogP contribution in [0.25, 0.3) is 10.8 Å². The first-order chi connectivity index (χ1) is 10.6. The summed E-state index contributed by atoms with van der Waals surface area (Å²) in [6, 6.07) is 14.7. The van der Waals surface area contributed by atoms with Crippen LogP contribution in [0.15, 0.2) is 47.3 Å². The fraction of sp³-hybridized carbons (Fsp3) is 0.222. The van der Waals surface area contributed by atoms with Crippen molar-refractivity contribution in [1.82, 2.24) is 9.97 Å². The number of nitrogen functional groups attached to an aromatic ring is 1. The molecule has 0 saturated heterocycles. The van der Waals surface area contributed by atoms with Gasteiger partial charge in [-0.05, 0) is 42.5 Å². The summed E-state index contributed by atoms with van der Waals surface area (Å²) in [6.45, 7) is 1.73. The molecule has 22 heavy (non-hydrogen) atoms. The molecule has 0 aliphatic carbocycles. The highest BCUT2D eigenvalue weighted by atomic mass is 16.1. The average Bonchev–Trinajstić information content (AvgIpc) is 2.50. The summed E-state index contributed by atoms with van der Waals surface area (Å²) in [7, 11) is 0. The lowest BCUT2D eigenvalue weighted by molar-refractivity contribution is 0.806. The average molecular weight is 293 g/mol. The number of anilines is 1. The van der Waals surface area contributed by atoms with Gasteiger partial charge >= 0.3 is 0 Å². The number of benzene rings is 2. The van der Waals surface area contributed by atoms with Gasteiger partial charge in [0, 0.05) is 0 Å². The molecular formula is C18H19N3O. The molecule has 3 rings (SSSR count). The van der Waals surface area contributed by atoms with Crippen LogP contribution in [0.5, 0.6) is 0 Å². The van der Waals surface area contributed by atoms with Crippen molar-refractivity contribution < 1.29 is 0 Å². The normalized spacial score (nSPS) is 11.0. The number of fused-ring (bicyclic) bond motifs is 1. The van der Waals surface area contributed by atoms with Crippen LogP contribution < -0.4 is 11.3 Å². The Morgan fingerprint density at radius 2 is 1.86 bits per heavy atom. The SMILES string of the molecule is Cc1nc(N)c(CCCc2cccc3ccccc23)c(=O)[nH]1. The lowest BCUT2D eigenvalue weighted by Crippen LogP contribution is -2.18. The second-order valence-corrected chi connectivity index (χ2v) is 5.51. The molecule has 0 unspecified atom stereocenters. The van der Waals surface area contributed by atoms with E-state index in [1.54, 1.807) is 6.92 Å². The molecule has 0 fully saturated rings. The Labute approximate surface area is 129 Å². The van der Waals surface area contributed by atoms with Crippen LogP contribution in [0.2, 0.25) is 0 Å². The van der Waals surface area contributed by atoms with E-state index in [1.807, 2.05) is 6.07 Å². The summed E-state index contributed by atoms with van der Waals surface area (Å²) in [5.41, 5.74) is 7.63. The third-order valence-corrected chi connectivity index (χ3v) is 3.92. The Morgan fingerprint density at radius 3 is 2.68 bits per heavy atom. The van der Waals surface area contributed by atoms with Crippen LogP contribution in [-0.4, -0.2) is 9.97 Å². The van der Waals surface area contributed by atoms with Crippen LogP contribution in [0.1, 0.15) is 23.4 Å². The molecule has 3 N–H and O–H groups in total. The van der Waals surface area contributed by atoms with Crippen molar-refractivity contribution >= 4 is 16.6 Å². The van der Waals surface area contributed by atoms with Crippen molar-refractivity contribution in [1.29, 1.82) is 0 Å². The molecule has 0 amide bonds. The zero-order valence-electron chi connectivity index (χ0n) is 12.6. The minimum atomic E-state index is -0.122. The highest BCUT2D eigenvalue weighted by Gasteiger charge is 2.08. The molecule has 1 heterocycles. The van der Waals surface area contributed by atoms with E-state index in [-0.39, 0.29) is 5.56 Å². The summed E-state index contributed by atoms with van der Waals surface area (Å²) < 4.78 is 0. The highest BCUT2D eigenvalue weighted by molar-refractivity contribution is 5.85. The number of aromatic amines is 1. The van der Waals surface area contributed by atoms with Crippen LogP contribution in [0.4, 0.5) is 5.82 Å². The second kappa shape index (κ2) is 6.02. The van der Waals surface area contributed by atoms with Gasteiger partial charge in [0.2, 0.25) is 0 Å². The Kier molecular flexibility index (Phi) is 3.92. The van der Waals surface area contributed by atoms with E-state index in [2.05, 4.69) is 46.4 Å². The fourth-order valence-corrected chi connectivity index (χ4v) is 2.84. The molecule has 0 saturated carbocycles. The van der Waals surface area contributed by atoms with Gasteiger partial charge in [-0.3, -0.25) is 4.79 Å². The zero-order valence-corrected chi connectivity index (χ0v) is 12.6. The Hall–Kier alpha value is -2.62. The number of H-pyrrole nitrogens is 1. The van der Waals surface area contributed by atoms with Gasteiger partial charge in [0.1, 0.15) is 11.6 Å². The molecular weight excluding hydrogens is 274 g/mol. The van der Waals surface area contributed by atoms with E-state index in [0.29, 0.717) is 23.6 Å². The Morgan fingerprint density at radius 1 is 1.09 bits per heavy atom. The van der Waals surface area contributed by atoms with E-state index in [4.69, 9.17) is 5.73 Å². The Balaban J connectivity index is 1.77. The number of nitrogens with two attached hydrogens (primary N) is 1. The maximum absolute atomic E-state index is 11.9. The molecule has 1 aromatic heterocycles. The number of aryl methyl sites for hydroxylation is 2. The van der Waals surface area contributed by atoms with Crippen molar-refractivity contribution in [2.75, 3.05) is 5.73 Å². The summed E-state index contributed by atoms with van der Waals surface area (Å²) in [6.07, 6.45) is 2.41. The zero-order chi connectivity index (χ0) is 15.5. The smallest absolute Gasteiger partial charge is 0.256 e. The molecule has 0 aliphatic rings. The number of nitrogens with one attached hydrogen (secondary N) is 1. The van der Waals surface area contributed by atoms with Gasteiger partial charge in [-0.25, -0.2) is 4.98 Å². The van der Waals surface area contributed by atoms with Crippen molar-refractivity contribution in [3.8, 4) is 0 Å². The van der Waals surface area contributed by atoms with Crippen molar-refractivity contribution in [2.45, 2.75) is 26.2 Å². The molecule has 112 valence electrons. The topological polar surface area (TPSA) is 71.8 Å². The predicted molar refractivity (Wildman–Crippen MR) is 90.0 cm³/mol. The number of nitrogens with zero attached hydrogens (tertiary/aromatic N) is 1. The first-order valence-electron chi connectivity index (χ1n) is 7.47. The van der Waals surface area contributed by atoms with Gasteiger partial charge < -0.3 is 10.7 Å². The number of rotatable bonds is 4. The molecule has 0 aliphatic heterocycles. The number of aromatic nitrogens is 2. The summed E-state index contributed by atoms with van der Waals surface area (Å²) >= 11 is 0. The summed E-state index contributed by atoms with van der Waals surface area (Å²) in [4.78, 5) is 18.8. The largest absolute Gasteiger partial charge is 0.383 e. The molecule has 0 atom stereocenters. The summed E-state index contributed by atoms with van der Waals surface area (Å²) in [5, 5.41) is 2.52. The van der Waals surface area contributed by atoms with Gasteiger partial charge in [-0.1, -0.05) is 42.5 Å². The van der Waals surface area contributed by atoms with E-state index in [1.165, 1.54) is 16.3 Å². The van der Waals surface area contributed by atoms with Crippen molar-refractivity contribution in [3.63, 3.8) is 0 Å². The molecule has 3 aromatic rings. The lowest BCUT2D eigenvalue weighted by atomic mass is 9.99. The first kappa shape index (κ1) is 14.3. The predicted octanol–water partition coefficient (Wildman–Crippen LogP) is 2.99. The van der Waals surface area contributed by atoms with Crippen LogP contribution in [-0.2, 0) is 12.8 Å². The lowest BCUT2D eigenvalue weighted by Gasteiger charge is -2.07. The van der Waals surface area contributed by atoms with E-state index in [0.717, 1.165) is 12.8 Å². The molecule has 0 spiro atoms. The quantitative estimate of drug-likeness (QED) is 0.776. The molecule has 0 radical (unpaired) electrons. The van der Waals surface area contributed by atoms with E-state index < -0.39 is 0 Å². The molecule has 0 bridgehead atoms. The third-order valence-electron chi connectivity index (χ3n) is 3.92. The second-order valence-electron chi connectivity index (χ2n) is 5.51. The van der Waals surface area contributed by atoms with Crippen LogP contribution in [0.3, 0.4) is 0 Å². The van der Waals surface area contributed by atoms with Gasteiger partial charge in [-0.2, -0.15) is 0 Å². The monoisotopic (exact) mass is 293 g/mol. The number of hydrogen-bond acceptors (Lipinski definition) is 3. The molecule has 4 nitrogen and oxygen atoms in total. The minimum Gasteiger partial charge on any atom is -0.383 e. The van der Waals surface area contributed by atoms with Crippen molar-refractivity contribution in [3.05, 3.63) is 69.8 Å². The van der Waals surface area contributed by atoms with Crippen molar-refractivity contribution in [2.24, 2.45) is 0 Å². The minimum absolute atomic E-state index is 0.122. The van der Waals surface area contributed by atoms with Gasteiger partial charge in [0.05, 0.1) is 5.56 Å². The van der Waals surface area contributed by atoms with E-state index >= 15 is 0 Å². The van der Waals surface area contributed by atoms with Crippen LogP contribution >= 0.6 is 0 Å². The first-order valence-corrected chi connectivity index (χ1v) is 7.47. The van der Waals surface area contributed by atoms with Crippen LogP contribution in [0, 0.1) is 6.92 Å². The third kappa shape index (κ3) is 2.86. The van der Waals surface area contributed by atoms with Gasteiger partial charge in [0.15, 0.2) is 0 Å². The van der Waals surface area contributed by atoms with Gasteiger partial charge in [0.25, 0.3) is 5.56 Å². The Bertz CT molecular complexity index is 862. The number of hydrogen-bond donors (Lipinski definition) is 2. The van der Waals surface area contributed by atoms with E-state index in [9.17, 15) is 4.79 Å². The highest BCUT2D eigenvalue weighted by Crippen LogP contribution is 2.20. The van der Waals surface area contributed by atoms with Gasteiger partial charge in [-0.15, -0.1) is 0 Å².